The highest BCUT2D eigenvalue weighted by atomic mass is 16.5. The van der Waals surface area contributed by atoms with Crippen molar-refractivity contribution in [1.29, 1.82) is 0 Å². The first-order chi connectivity index (χ1) is 12.2. The van der Waals surface area contributed by atoms with E-state index >= 15 is 0 Å². The third-order valence-electron chi connectivity index (χ3n) is 5.97. The minimum Gasteiger partial charge on any atom is -0.497 e. The number of rotatable bonds is 4. The molecular formula is C21H26N2O2. The normalized spacial score (nSPS) is 29.4. The van der Waals surface area contributed by atoms with Gasteiger partial charge in [-0.25, -0.2) is 0 Å². The van der Waals surface area contributed by atoms with Crippen LogP contribution in [0.3, 0.4) is 0 Å². The summed E-state index contributed by atoms with van der Waals surface area (Å²) in [5.41, 5.74) is 1.53. The average Bonchev–Trinajstić information content (AvgIpc) is 2.63. The van der Waals surface area contributed by atoms with E-state index in [0.29, 0.717) is 0 Å². The highest BCUT2D eigenvalue weighted by Gasteiger charge is 2.51. The monoisotopic (exact) mass is 338 g/mol. The smallest absolute Gasteiger partial charge is 0.119 e. The van der Waals surface area contributed by atoms with Crippen molar-refractivity contribution in [2.75, 3.05) is 20.2 Å². The van der Waals surface area contributed by atoms with Crippen molar-refractivity contribution in [3.05, 3.63) is 59.9 Å². The maximum Gasteiger partial charge on any atom is 0.119 e. The van der Waals surface area contributed by atoms with Crippen LogP contribution in [0.2, 0.25) is 0 Å². The molecule has 25 heavy (non-hydrogen) atoms. The quantitative estimate of drug-likeness (QED) is 0.930. The van der Waals surface area contributed by atoms with Gasteiger partial charge in [-0.2, -0.15) is 0 Å². The zero-order valence-electron chi connectivity index (χ0n) is 14.8. The van der Waals surface area contributed by atoms with Gasteiger partial charge in [0.15, 0.2) is 0 Å². The average molecular weight is 338 g/mol. The third-order valence-corrected chi connectivity index (χ3v) is 5.97. The van der Waals surface area contributed by atoms with Gasteiger partial charge in [-0.05, 0) is 36.6 Å². The molecule has 2 aromatic rings. The van der Waals surface area contributed by atoms with Gasteiger partial charge < -0.3 is 9.84 Å². The molecule has 2 fully saturated rings. The van der Waals surface area contributed by atoms with Gasteiger partial charge in [0.1, 0.15) is 5.75 Å². The van der Waals surface area contributed by atoms with Gasteiger partial charge in [-0.3, -0.25) is 9.88 Å². The lowest BCUT2D eigenvalue weighted by atomic mass is 9.63. The number of ether oxygens (including phenoxy) is 1. The maximum atomic E-state index is 11.6. The molecule has 2 heterocycles. The summed E-state index contributed by atoms with van der Waals surface area (Å²) in [5, 5.41) is 11.6. The van der Waals surface area contributed by atoms with Crippen LogP contribution >= 0.6 is 0 Å². The molecule has 4 rings (SSSR count). The molecule has 1 N–H and O–H groups in total. The Hall–Kier alpha value is -1.91. The van der Waals surface area contributed by atoms with Crippen LogP contribution in [0, 0.1) is 11.8 Å². The molecule has 0 unspecified atom stereocenters. The molecule has 1 aromatic heterocycles. The van der Waals surface area contributed by atoms with Gasteiger partial charge in [0.25, 0.3) is 0 Å². The Balaban J connectivity index is 1.55. The number of piperidine rings is 1. The van der Waals surface area contributed by atoms with E-state index in [-0.39, 0.29) is 11.8 Å². The minimum absolute atomic E-state index is 0.273. The molecule has 1 saturated heterocycles. The first-order valence-electron chi connectivity index (χ1n) is 9.18. The molecule has 2 aliphatic rings. The van der Waals surface area contributed by atoms with Crippen molar-refractivity contribution in [3.63, 3.8) is 0 Å². The molecule has 4 heteroatoms. The molecule has 2 atom stereocenters. The summed E-state index contributed by atoms with van der Waals surface area (Å²) in [6.07, 6.45) is 7.00. The topological polar surface area (TPSA) is 45.6 Å². The lowest BCUT2D eigenvalue weighted by Gasteiger charge is -2.53. The molecule has 2 bridgehead atoms. The molecule has 1 aliphatic heterocycles. The second kappa shape index (κ2) is 6.77. The van der Waals surface area contributed by atoms with E-state index < -0.39 is 5.60 Å². The SMILES string of the molecule is COc1cccc(CN2C[C@H]3CCC[C@H](C2)C3(O)c2cccnc2)c1. The van der Waals surface area contributed by atoms with Crippen molar-refractivity contribution in [1.82, 2.24) is 9.88 Å². The van der Waals surface area contributed by atoms with Gasteiger partial charge in [0.05, 0.1) is 12.7 Å². The standard InChI is InChI=1S/C21H26N2O2/c1-25-20-9-2-5-16(11-20)13-23-14-18-6-3-7-19(15-23)21(18,24)17-8-4-10-22-12-17/h2,4-5,8-12,18-19,24H,3,6-7,13-15H2,1H3/t18-,19-/m1/s1. The molecule has 1 saturated carbocycles. The van der Waals surface area contributed by atoms with Gasteiger partial charge in [-0.15, -0.1) is 0 Å². The molecule has 1 aliphatic carbocycles. The Morgan fingerprint density at radius 1 is 1.20 bits per heavy atom. The van der Waals surface area contributed by atoms with Gasteiger partial charge >= 0.3 is 0 Å². The number of pyridine rings is 1. The molecule has 132 valence electrons. The molecular weight excluding hydrogens is 312 g/mol. The zero-order chi connectivity index (χ0) is 17.3. The van der Waals surface area contributed by atoms with E-state index in [2.05, 4.69) is 22.0 Å². The second-order valence-corrected chi connectivity index (χ2v) is 7.44. The van der Waals surface area contributed by atoms with E-state index in [1.165, 1.54) is 12.0 Å². The first-order valence-corrected chi connectivity index (χ1v) is 9.18. The van der Waals surface area contributed by atoms with Crippen molar-refractivity contribution in [2.24, 2.45) is 11.8 Å². The van der Waals surface area contributed by atoms with Crippen LogP contribution in [-0.4, -0.2) is 35.2 Å². The largest absolute Gasteiger partial charge is 0.497 e. The third kappa shape index (κ3) is 3.05. The van der Waals surface area contributed by atoms with Crippen LogP contribution in [0.1, 0.15) is 30.4 Å². The number of aliphatic hydroxyl groups is 1. The van der Waals surface area contributed by atoms with E-state index in [1.807, 2.05) is 30.5 Å². The lowest BCUT2D eigenvalue weighted by molar-refractivity contribution is -0.148. The Labute approximate surface area is 149 Å². The molecule has 0 radical (unpaired) electrons. The van der Waals surface area contributed by atoms with E-state index in [4.69, 9.17) is 4.74 Å². The van der Waals surface area contributed by atoms with Crippen LogP contribution in [0.25, 0.3) is 0 Å². The highest BCUT2D eigenvalue weighted by Crippen LogP contribution is 2.49. The van der Waals surface area contributed by atoms with Crippen LogP contribution in [0.4, 0.5) is 0 Å². The maximum absolute atomic E-state index is 11.6. The van der Waals surface area contributed by atoms with Crippen molar-refractivity contribution in [2.45, 2.75) is 31.4 Å². The van der Waals surface area contributed by atoms with Crippen molar-refractivity contribution in [3.8, 4) is 5.75 Å². The number of methoxy groups -OCH3 is 1. The van der Waals surface area contributed by atoms with Gasteiger partial charge in [-0.1, -0.05) is 24.6 Å². The van der Waals surface area contributed by atoms with Gasteiger partial charge in [0, 0.05) is 49.4 Å². The van der Waals surface area contributed by atoms with E-state index in [0.717, 1.165) is 43.8 Å². The van der Waals surface area contributed by atoms with E-state index in [9.17, 15) is 5.11 Å². The predicted octanol–water partition coefficient (Wildman–Crippen LogP) is 3.21. The fraction of sp³-hybridized carbons (Fsp3) is 0.476. The number of fused-ring (bicyclic) bond motifs is 2. The van der Waals surface area contributed by atoms with Crippen molar-refractivity contribution >= 4 is 0 Å². The lowest BCUT2D eigenvalue weighted by Crippen LogP contribution is -2.57. The number of likely N-dealkylation sites (tertiary alicyclic amines) is 1. The van der Waals surface area contributed by atoms with Crippen LogP contribution in [0.5, 0.6) is 5.75 Å². The highest BCUT2D eigenvalue weighted by molar-refractivity contribution is 5.29. The van der Waals surface area contributed by atoms with Crippen LogP contribution in [0.15, 0.2) is 48.8 Å². The Morgan fingerprint density at radius 2 is 2.00 bits per heavy atom. The molecule has 0 spiro atoms. The number of hydrogen-bond donors (Lipinski definition) is 1. The number of aromatic nitrogens is 1. The van der Waals surface area contributed by atoms with Crippen molar-refractivity contribution < 1.29 is 9.84 Å². The van der Waals surface area contributed by atoms with E-state index in [1.54, 1.807) is 13.3 Å². The van der Waals surface area contributed by atoms with Crippen LogP contribution < -0.4 is 4.74 Å². The number of nitrogens with zero attached hydrogens (tertiary/aromatic N) is 2. The predicted molar refractivity (Wildman–Crippen MR) is 97.2 cm³/mol. The van der Waals surface area contributed by atoms with Crippen LogP contribution in [-0.2, 0) is 12.1 Å². The Bertz CT molecular complexity index is 705. The summed E-state index contributed by atoms with van der Waals surface area (Å²) < 4.78 is 5.34. The molecule has 4 nitrogen and oxygen atoms in total. The van der Waals surface area contributed by atoms with Gasteiger partial charge in [0.2, 0.25) is 0 Å². The summed E-state index contributed by atoms with van der Waals surface area (Å²) in [4.78, 5) is 6.74. The second-order valence-electron chi connectivity index (χ2n) is 7.44. The fourth-order valence-corrected chi connectivity index (χ4v) is 4.77. The molecule has 0 amide bonds. The number of benzene rings is 1. The summed E-state index contributed by atoms with van der Waals surface area (Å²) in [6, 6.07) is 12.3. The number of hydrogen-bond acceptors (Lipinski definition) is 4. The Morgan fingerprint density at radius 3 is 2.68 bits per heavy atom. The first kappa shape index (κ1) is 16.6. The minimum atomic E-state index is -0.725. The fourth-order valence-electron chi connectivity index (χ4n) is 4.77. The summed E-state index contributed by atoms with van der Waals surface area (Å²) in [6.45, 7) is 2.77. The summed E-state index contributed by atoms with van der Waals surface area (Å²) in [5.74, 6) is 1.45. The Kier molecular flexibility index (Phi) is 4.48. The molecule has 1 aromatic carbocycles. The summed E-state index contributed by atoms with van der Waals surface area (Å²) >= 11 is 0. The zero-order valence-corrected chi connectivity index (χ0v) is 14.8. The summed E-state index contributed by atoms with van der Waals surface area (Å²) in [7, 11) is 1.71.